The Labute approximate surface area is 171 Å². The molecule has 0 aliphatic rings. The van der Waals surface area contributed by atoms with Crippen molar-refractivity contribution in [2.75, 3.05) is 5.43 Å². The predicted molar refractivity (Wildman–Crippen MR) is 117 cm³/mol. The van der Waals surface area contributed by atoms with Gasteiger partial charge >= 0.3 is 5.69 Å². The number of benzene rings is 1. The van der Waals surface area contributed by atoms with Crippen molar-refractivity contribution in [3.8, 4) is 0 Å². The largest absolute Gasteiger partial charge is 0.329 e. The zero-order chi connectivity index (χ0) is 21.0. The zero-order valence-electron chi connectivity index (χ0n) is 16.3. The predicted octanol–water partition coefficient (Wildman–Crippen LogP) is 3.07. The summed E-state index contributed by atoms with van der Waals surface area (Å²) in [5, 5.41) is 4.89. The van der Waals surface area contributed by atoms with E-state index in [0.717, 1.165) is 5.56 Å². The molecule has 0 atom stereocenters. The van der Waals surface area contributed by atoms with Gasteiger partial charge in [0.2, 0.25) is 5.95 Å². The lowest BCUT2D eigenvalue weighted by Gasteiger charge is -2.05. The van der Waals surface area contributed by atoms with Crippen LogP contribution in [0, 0.1) is 0 Å². The highest BCUT2D eigenvalue weighted by atomic mass is 35.5. The molecule has 0 radical (unpaired) electrons. The number of rotatable bonds is 6. The summed E-state index contributed by atoms with van der Waals surface area (Å²) in [5.41, 5.74) is 4.11. The molecule has 0 amide bonds. The number of aromatic amines is 1. The zero-order valence-corrected chi connectivity index (χ0v) is 17.1. The molecule has 29 heavy (non-hydrogen) atoms. The van der Waals surface area contributed by atoms with Gasteiger partial charge in [0.25, 0.3) is 5.56 Å². The topological polar surface area (TPSA) is 97.1 Å². The highest BCUT2D eigenvalue weighted by Gasteiger charge is 2.16. The van der Waals surface area contributed by atoms with E-state index in [0.29, 0.717) is 23.2 Å². The molecule has 150 valence electrons. The second kappa shape index (κ2) is 8.74. The number of anilines is 1. The first-order valence-corrected chi connectivity index (χ1v) is 9.30. The van der Waals surface area contributed by atoms with Gasteiger partial charge in [0.1, 0.15) is 0 Å². The third-order valence-electron chi connectivity index (χ3n) is 4.21. The summed E-state index contributed by atoms with van der Waals surface area (Å²) >= 11 is 5.95. The summed E-state index contributed by atoms with van der Waals surface area (Å²) in [5.74, 6) is 0.327. The maximum absolute atomic E-state index is 12.4. The monoisotopic (exact) mass is 412 g/mol. The van der Waals surface area contributed by atoms with Gasteiger partial charge in [-0.1, -0.05) is 54.1 Å². The van der Waals surface area contributed by atoms with Crippen molar-refractivity contribution in [1.82, 2.24) is 19.1 Å². The number of fused-ring (bicyclic) bond motifs is 1. The Morgan fingerprint density at radius 3 is 2.69 bits per heavy atom. The van der Waals surface area contributed by atoms with Gasteiger partial charge < -0.3 is 0 Å². The summed E-state index contributed by atoms with van der Waals surface area (Å²) in [6.45, 7) is 3.87. The minimum absolute atomic E-state index is 0.259. The number of aryl methyl sites for hydroxylation is 1. The van der Waals surface area contributed by atoms with Crippen molar-refractivity contribution in [1.29, 1.82) is 0 Å². The molecule has 0 fully saturated rings. The number of hydrogen-bond acceptors (Lipinski definition) is 5. The Bertz CT molecular complexity index is 1230. The Morgan fingerprint density at radius 2 is 2.00 bits per heavy atom. The molecule has 0 spiro atoms. The van der Waals surface area contributed by atoms with Crippen LogP contribution < -0.4 is 16.7 Å². The van der Waals surface area contributed by atoms with Crippen LogP contribution in [-0.4, -0.2) is 24.8 Å². The van der Waals surface area contributed by atoms with Gasteiger partial charge in [0.15, 0.2) is 11.2 Å². The quantitative estimate of drug-likeness (QED) is 0.480. The first kappa shape index (κ1) is 20.3. The summed E-state index contributed by atoms with van der Waals surface area (Å²) < 4.78 is 2.90. The minimum Gasteiger partial charge on any atom is -0.299 e. The van der Waals surface area contributed by atoms with Crippen molar-refractivity contribution in [2.24, 2.45) is 12.1 Å². The number of hydrazone groups is 1. The van der Waals surface area contributed by atoms with Crippen molar-refractivity contribution in [3.63, 3.8) is 0 Å². The fourth-order valence-corrected chi connectivity index (χ4v) is 2.74. The number of halogens is 1. The van der Waals surface area contributed by atoms with Crippen LogP contribution in [-0.2, 0) is 13.6 Å². The molecule has 0 saturated carbocycles. The number of nitrogens with one attached hydrogen (secondary N) is 2. The van der Waals surface area contributed by atoms with E-state index >= 15 is 0 Å². The molecular weight excluding hydrogens is 392 g/mol. The standard InChI is InChI=1S/C20H21ClN6O2/c1-13(21)11-12-27-16-17(26(3)20(29)23-18(16)28)22-19(27)25-24-14(2)9-10-15-7-5-4-6-8-15/h4-11H,12H2,1-3H3,(H,22,25)(H,23,28,29)/b10-9-,13-11+,24-14?. The van der Waals surface area contributed by atoms with Crippen molar-refractivity contribution in [3.05, 3.63) is 73.9 Å². The number of nitrogens with zero attached hydrogens (tertiary/aromatic N) is 4. The number of allylic oxidation sites excluding steroid dienone is 3. The second-order valence-electron chi connectivity index (χ2n) is 6.44. The van der Waals surface area contributed by atoms with E-state index < -0.39 is 11.2 Å². The maximum Gasteiger partial charge on any atom is 0.329 e. The van der Waals surface area contributed by atoms with Gasteiger partial charge in [0.05, 0.1) is 5.71 Å². The van der Waals surface area contributed by atoms with Crippen molar-refractivity contribution in [2.45, 2.75) is 20.4 Å². The highest BCUT2D eigenvalue weighted by Crippen LogP contribution is 2.16. The molecule has 1 aromatic carbocycles. The molecule has 0 unspecified atom stereocenters. The molecular formula is C20H21ClN6O2. The normalized spacial score (nSPS) is 12.8. The number of aromatic nitrogens is 4. The van der Waals surface area contributed by atoms with Crippen LogP contribution in [0.4, 0.5) is 5.95 Å². The fourth-order valence-electron chi connectivity index (χ4n) is 2.67. The third-order valence-corrected chi connectivity index (χ3v) is 4.37. The lowest BCUT2D eigenvalue weighted by molar-refractivity contribution is 0.818. The third kappa shape index (κ3) is 4.72. The van der Waals surface area contributed by atoms with Crippen LogP contribution in [0.15, 0.2) is 62.2 Å². The van der Waals surface area contributed by atoms with E-state index in [1.165, 1.54) is 4.57 Å². The lowest BCUT2D eigenvalue weighted by Crippen LogP contribution is -2.29. The Balaban J connectivity index is 1.98. The molecule has 8 nitrogen and oxygen atoms in total. The molecule has 2 heterocycles. The molecule has 2 N–H and O–H groups in total. The number of imidazole rings is 1. The fraction of sp³-hybridized carbons (Fsp3) is 0.200. The molecule has 9 heteroatoms. The molecule has 3 rings (SSSR count). The van der Waals surface area contributed by atoms with Crippen LogP contribution in [0.5, 0.6) is 0 Å². The smallest absolute Gasteiger partial charge is 0.299 e. The van der Waals surface area contributed by atoms with Gasteiger partial charge in [-0.2, -0.15) is 10.1 Å². The number of hydrogen-bond donors (Lipinski definition) is 2. The van der Waals surface area contributed by atoms with Gasteiger partial charge in [0, 0.05) is 18.6 Å². The average molecular weight is 413 g/mol. The van der Waals surface area contributed by atoms with Gasteiger partial charge in [-0.15, -0.1) is 0 Å². The van der Waals surface area contributed by atoms with E-state index in [2.05, 4.69) is 20.5 Å². The summed E-state index contributed by atoms with van der Waals surface area (Å²) in [6.07, 6.45) is 5.54. The van der Waals surface area contributed by atoms with Crippen LogP contribution >= 0.6 is 11.6 Å². The lowest BCUT2D eigenvalue weighted by atomic mass is 10.2. The SMILES string of the molecule is CC(/C=C\c1ccccc1)=NNc1nc2c(c(=O)[nH]c(=O)n2C)n1C/C=C(\C)Cl. The summed E-state index contributed by atoms with van der Waals surface area (Å²) in [6, 6.07) is 9.85. The maximum atomic E-state index is 12.4. The highest BCUT2D eigenvalue weighted by molar-refractivity contribution is 6.29. The van der Waals surface area contributed by atoms with Gasteiger partial charge in [-0.05, 0) is 25.5 Å². The van der Waals surface area contributed by atoms with E-state index in [9.17, 15) is 9.59 Å². The van der Waals surface area contributed by atoms with Crippen LogP contribution in [0.3, 0.4) is 0 Å². The Kier molecular flexibility index (Phi) is 6.13. The van der Waals surface area contributed by atoms with E-state index in [-0.39, 0.29) is 11.2 Å². The first-order chi connectivity index (χ1) is 13.9. The second-order valence-corrected chi connectivity index (χ2v) is 7.03. The van der Waals surface area contributed by atoms with Crippen LogP contribution in [0.25, 0.3) is 17.2 Å². The van der Waals surface area contributed by atoms with E-state index in [4.69, 9.17) is 11.6 Å². The average Bonchev–Trinajstić information content (AvgIpc) is 3.07. The van der Waals surface area contributed by atoms with E-state index in [1.807, 2.05) is 49.4 Å². The van der Waals surface area contributed by atoms with Crippen LogP contribution in [0.2, 0.25) is 0 Å². The molecule has 3 aromatic rings. The molecule has 0 aliphatic carbocycles. The Morgan fingerprint density at radius 1 is 1.28 bits per heavy atom. The van der Waals surface area contributed by atoms with Gasteiger partial charge in [-0.3, -0.25) is 18.9 Å². The minimum atomic E-state index is -0.534. The van der Waals surface area contributed by atoms with Gasteiger partial charge in [-0.25, -0.2) is 10.2 Å². The Hall–Kier alpha value is -3.39. The first-order valence-electron chi connectivity index (χ1n) is 8.92. The summed E-state index contributed by atoms with van der Waals surface area (Å²) in [4.78, 5) is 30.9. The van der Waals surface area contributed by atoms with Crippen molar-refractivity contribution >= 4 is 40.5 Å². The molecule has 0 saturated heterocycles. The molecule has 2 aromatic heterocycles. The van der Waals surface area contributed by atoms with E-state index in [1.54, 1.807) is 24.6 Å². The molecule has 0 bridgehead atoms. The van der Waals surface area contributed by atoms with Crippen molar-refractivity contribution < 1.29 is 0 Å². The summed E-state index contributed by atoms with van der Waals surface area (Å²) in [7, 11) is 1.54. The number of H-pyrrole nitrogens is 1. The van der Waals surface area contributed by atoms with Crippen LogP contribution in [0.1, 0.15) is 19.4 Å². The molecule has 0 aliphatic heterocycles.